The second kappa shape index (κ2) is 7.88. The van der Waals surface area contributed by atoms with Crippen molar-refractivity contribution in [3.05, 3.63) is 35.4 Å². The zero-order valence-corrected chi connectivity index (χ0v) is 11.5. The third-order valence-electron chi connectivity index (χ3n) is 3.03. The van der Waals surface area contributed by atoms with Crippen molar-refractivity contribution in [1.29, 1.82) is 0 Å². The van der Waals surface area contributed by atoms with Crippen LogP contribution in [0.3, 0.4) is 0 Å². The van der Waals surface area contributed by atoms with E-state index in [0.717, 1.165) is 6.42 Å². The second-order valence-corrected chi connectivity index (χ2v) is 4.49. The predicted octanol–water partition coefficient (Wildman–Crippen LogP) is 2.85. The van der Waals surface area contributed by atoms with Crippen molar-refractivity contribution in [3.8, 4) is 0 Å². The van der Waals surface area contributed by atoms with Crippen LogP contribution in [0.1, 0.15) is 43.9 Å². The minimum absolute atomic E-state index is 0.173. The van der Waals surface area contributed by atoms with Gasteiger partial charge < -0.3 is 10.1 Å². The standard InChI is InChI=1S/C15H23NO2/c1-4-5-13-6-8-14(9-7-13)12(2)16-11-10-15(17)18-3/h6-9,12,16H,4-5,10-11H2,1-3H3. The summed E-state index contributed by atoms with van der Waals surface area (Å²) in [6.45, 7) is 4.93. The lowest BCUT2D eigenvalue weighted by molar-refractivity contribution is -0.140. The Labute approximate surface area is 110 Å². The van der Waals surface area contributed by atoms with Crippen molar-refractivity contribution in [1.82, 2.24) is 5.32 Å². The summed E-state index contributed by atoms with van der Waals surface area (Å²) in [7, 11) is 1.41. The number of ether oxygens (including phenoxy) is 1. The molecule has 0 radical (unpaired) electrons. The maximum absolute atomic E-state index is 11.0. The smallest absolute Gasteiger partial charge is 0.306 e. The largest absolute Gasteiger partial charge is 0.469 e. The van der Waals surface area contributed by atoms with E-state index < -0.39 is 0 Å². The molecule has 0 aliphatic carbocycles. The van der Waals surface area contributed by atoms with E-state index in [0.29, 0.717) is 13.0 Å². The summed E-state index contributed by atoms with van der Waals surface area (Å²) >= 11 is 0. The monoisotopic (exact) mass is 249 g/mol. The summed E-state index contributed by atoms with van der Waals surface area (Å²) < 4.78 is 4.60. The Hall–Kier alpha value is -1.35. The number of rotatable bonds is 7. The molecular formula is C15H23NO2. The third-order valence-corrected chi connectivity index (χ3v) is 3.03. The molecule has 0 saturated heterocycles. The number of aryl methyl sites for hydroxylation is 1. The average Bonchev–Trinajstić information content (AvgIpc) is 2.39. The van der Waals surface area contributed by atoms with E-state index in [2.05, 4.69) is 48.2 Å². The fourth-order valence-electron chi connectivity index (χ4n) is 1.87. The van der Waals surface area contributed by atoms with Crippen molar-refractivity contribution in [3.63, 3.8) is 0 Å². The van der Waals surface area contributed by atoms with Gasteiger partial charge >= 0.3 is 5.97 Å². The van der Waals surface area contributed by atoms with Crippen LogP contribution in [0.2, 0.25) is 0 Å². The zero-order chi connectivity index (χ0) is 13.4. The molecule has 1 aromatic carbocycles. The molecule has 0 aliphatic rings. The maximum Gasteiger partial charge on any atom is 0.306 e. The molecular weight excluding hydrogens is 226 g/mol. The van der Waals surface area contributed by atoms with Crippen LogP contribution in [0.15, 0.2) is 24.3 Å². The topological polar surface area (TPSA) is 38.3 Å². The fourth-order valence-corrected chi connectivity index (χ4v) is 1.87. The summed E-state index contributed by atoms with van der Waals surface area (Å²) in [5, 5.41) is 3.31. The SMILES string of the molecule is CCCc1ccc(C(C)NCCC(=O)OC)cc1. The molecule has 0 amide bonds. The van der Waals surface area contributed by atoms with Gasteiger partial charge in [-0.15, -0.1) is 0 Å². The van der Waals surface area contributed by atoms with E-state index in [9.17, 15) is 4.79 Å². The molecule has 3 heteroatoms. The van der Waals surface area contributed by atoms with E-state index in [1.165, 1.54) is 24.7 Å². The number of hydrogen-bond donors (Lipinski definition) is 1. The molecule has 0 saturated carbocycles. The van der Waals surface area contributed by atoms with E-state index >= 15 is 0 Å². The Morgan fingerprint density at radius 2 is 2.00 bits per heavy atom. The number of hydrogen-bond acceptors (Lipinski definition) is 3. The van der Waals surface area contributed by atoms with Crippen LogP contribution < -0.4 is 5.32 Å². The van der Waals surface area contributed by atoms with E-state index in [1.54, 1.807) is 0 Å². The number of esters is 1. The van der Waals surface area contributed by atoms with Crippen LogP contribution in [-0.4, -0.2) is 19.6 Å². The Bertz CT molecular complexity index is 359. The van der Waals surface area contributed by atoms with Gasteiger partial charge in [-0.1, -0.05) is 37.6 Å². The molecule has 0 fully saturated rings. The molecule has 0 aliphatic heterocycles. The Balaban J connectivity index is 2.41. The first kappa shape index (κ1) is 14.7. The number of nitrogens with one attached hydrogen (secondary N) is 1. The fraction of sp³-hybridized carbons (Fsp3) is 0.533. The first-order valence-corrected chi connectivity index (χ1v) is 6.56. The molecule has 18 heavy (non-hydrogen) atoms. The van der Waals surface area contributed by atoms with Crippen LogP contribution >= 0.6 is 0 Å². The molecule has 0 heterocycles. The first-order chi connectivity index (χ1) is 8.67. The van der Waals surface area contributed by atoms with Gasteiger partial charge in [-0.2, -0.15) is 0 Å². The lowest BCUT2D eigenvalue weighted by atomic mass is 10.0. The van der Waals surface area contributed by atoms with Crippen LogP contribution in [-0.2, 0) is 16.0 Å². The normalized spacial score (nSPS) is 12.2. The molecule has 1 aromatic rings. The minimum atomic E-state index is -0.173. The Kier molecular flexibility index (Phi) is 6.44. The highest BCUT2D eigenvalue weighted by Crippen LogP contribution is 2.14. The van der Waals surface area contributed by atoms with Crippen LogP contribution in [0, 0.1) is 0 Å². The first-order valence-electron chi connectivity index (χ1n) is 6.56. The summed E-state index contributed by atoms with van der Waals surface area (Å²) in [4.78, 5) is 11.0. The molecule has 3 nitrogen and oxygen atoms in total. The highest BCUT2D eigenvalue weighted by atomic mass is 16.5. The molecule has 1 N–H and O–H groups in total. The Morgan fingerprint density at radius 1 is 1.33 bits per heavy atom. The summed E-state index contributed by atoms with van der Waals surface area (Å²) in [6, 6.07) is 8.92. The quantitative estimate of drug-likeness (QED) is 0.755. The van der Waals surface area contributed by atoms with Gasteiger partial charge in [0.1, 0.15) is 0 Å². The lowest BCUT2D eigenvalue weighted by Gasteiger charge is -2.14. The van der Waals surface area contributed by atoms with Gasteiger partial charge in [0.15, 0.2) is 0 Å². The van der Waals surface area contributed by atoms with Gasteiger partial charge in [0, 0.05) is 12.6 Å². The van der Waals surface area contributed by atoms with Gasteiger partial charge in [0.25, 0.3) is 0 Å². The van der Waals surface area contributed by atoms with Gasteiger partial charge in [-0.25, -0.2) is 0 Å². The molecule has 0 aromatic heterocycles. The molecule has 1 atom stereocenters. The number of benzene rings is 1. The molecule has 0 bridgehead atoms. The van der Waals surface area contributed by atoms with Gasteiger partial charge in [0.2, 0.25) is 0 Å². The van der Waals surface area contributed by atoms with E-state index in [-0.39, 0.29) is 12.0 Å². The lowest BCUT2D eigenvalue weighted by Crippen LogP contribution is -2.22. The van der Waals surface area contributed by atoms with Gasteiger partial charge in [0.05, 0.1) is 13.5 Å². The second-order valence-electron chi connectivity index (χ2n) is 4.49. The highest BCUT2D eigenvalue weighted by molar-refractivity contribution is 5.69. The predicted molar refractivity (Wildman–Crippen MR) is 73.5 cm³/mol. The summed E-state index contributed by atoms with van der Waals surface area (Å²) in [5.41, 5.74) is 2.63. The van der Waals surface area contributed by atoms with E-state index in [1.807, 2.05) is 0 Å². The van der Waals surface area contributed by atoms with Crippen LogP contribution in [0.25, 0.3) is 0 Å². The number of carbonyl (C=O) groups excluding carboxylic acids is 1. The summed E-state index contributed by atoms with van der Waals surface area (Å²) in [6.07, 6.45) is 2.71. The van der Waals surface area contributed by atoms with Crippen LogP contribution in [0.5, 0.6) is 0 Å². The third kappa shape index (κ3) is 4.88. The van der Waals surface area contributed by atoms with Crippen molar-refractivity contribution >= 4 is 5.97 Å². The van der Waals surface area contributed by atoms with Gasteiger partial charge in [-0.05, 0) is 24.5 Å². The molecule has 1 unspecified atom stereocenters. The molecule has 0 spiro atoms. The zero-order valence-electron chi connectivity index (χ0n) is 11.5. The number of methoxy groups -OCH3 is 1. The minimum Gasteiger partial charge on any atom is -0.469 e. The highest BCUT2D eigenvalue weighted by Gasteiger charge is 2.06. The van der Waals surface area contributed by atoms with E-state index in [4.69, 9.17) is 0 Å². The van der Waals surface area contributed by atoms with Crippen LogP contribution in [0.4, 0.5) is 0 Å². The maximum atomic E-state index is 11.0. The Morgan fingerprint density at radius 3 is 2.56 bits per heavy atom. The van der Waals surface area contributed by atoms with Crippen molar-refractivity contribution in [2.45, 2.75) is 39.2 Å². The van der Waals surface area contributed by atoms with Gasteiger partial charge in [-0.3, -0.25) is 4.79 Å². The van der Waals surface area contributed by atoms with Crippen molar-refractivity contribution < 1.29 is 9.53 Å². The average molecular weight is 249 g/mol. The van der Waals surface area contributed by atoms with Crippen molar-refractivity contribution in [2.75, 3.05) is 13.7 Å². The molecule has 100 valence electrons. The summed E-state index contributed by atoms with van der Waals surface area (Å²) in [5.74, 6) is -0.173. The van der Waals surface area contributed by atoms with Crippen molar-refractivity contribution in [2.24, 2.45) is 0 Å². The number of carbonyl (C=O) groups is 1. The molecule has 1 rings (SSSR count).